The van der Waals surface area contributed by atoms with Crippen molar-refractivity contribution in [3.63, 3.8) is 0 Å². The zero-order valence-electron chi connectivity index (χ0n) is 17.1. The van der Waals surface area contributed by atoms with E-state index < -0.39 is 24.4 Å². The van der Waals surface area contributed by atoms with Crippen LogP contribution >= 0.6 is 0 Å². The number of nitrogens with zero attached hydrogens (tertiary/aromatic N) is 2. The average Bonchev–Trinajstić information content (AvgIpc) is 2.22. The van der Waals surface area contributed by atoms with Crippen LogP contribution < -0.4 is 139 Å². The second kappa shape index (κ2) is 23.0. The van der Waals surface area contributed by atoms with Crippen LogP contribution in [-0.2, 0) is 0 Å². The van der Waals surface area contributed by atoms with Gasteiger partial charge in [-0.2, -0.15) is 0 Å². The van der Waals surface area contributed by atoms with E-state index in [-0.39, 0.29) is 118 Å². The summed E-state index contributed by atoms with van der Waals surface area (Å²) in [6.07, 6.45) is -3.00. The topological polar surface area (TPSA) is 98.7 Å². The molecule has 0 aliphatic heterocycles. The summed E-state index contributed by atoms with van der Waals surface area (Å²) in [7, 11) is 0. The Morgan fingerprint density at radius 1 is 0.500 bits per heavy atom. The fourth-order valence-electron chi connectivity index (χ4n) is 2.25. The molecule has 4 atom stereocenters. The van der Waals surface area contributed by atoms with Crippen molar-refractivity contribution in [2.75, 3.05) is 39.3 Å². The van der Waals surface area contributed by atoms with Crippen molar-refractivity contribution in [2.24, 2.45) is 0 Å². The predicted octanol–water partition coefficient (Wildman–Crippen LogP) is -15.4. The molecule has 0 saturated carbocycles. The van der Waals surface area contributed by atoms with Gasteiger partial charge in [-0.05, 0) is 26.2 Å². The van der Waals surface area contributed by atoms with E-state index in [9.17, 15) is 20.4 Å². The van der Waals surface area contributed by atoms with Crippen LogP contribution in [0.3, 0.4) is 0 Å². The second-order valence-corrected chi connectivity index (χ2v) is 5.76. The van der Waals surface area contributed by atoms with Crippen LogP contribution in [0.1, 0.15) is 27.7 Å². The van der Waals surface area contributed by atoms with Crippen LogP contribution in [0.5, 0.6) is 0 Å². The van der Waals surface area contributed by atoms with Crippen molar-refractivity contribution < 1.29 is 139 Å². The quantitative estimate of drug-likeness (QED) is 0.330. The Balaban J connectivity index is -0.000000301. The van der Waals surface area contributed by atoms with Gasteiger partial charge in [0.2, 0.25) is 0 Å². The fraction of sp³-hybridized carbons (Fsp3) is 1.00. The number of rotatable bonds is 11. The average molecular weight is 380 g/mol. The molecule has 0 aromatic heterocycles. The van der Waals surface area contributed by atoms with Gasteiger partial charge in [-0.25, -0.2) is 0 Å². The van der Waals surface area contributed by atoms with Crippen LogP contribution in [0.15, 0.2) is 0 Å². The Morgan fingerprint density at radius 3 is 0.792 bits per heavy atom. The molecule has 4 unspecified atom stereocenters. The van der Waals surface area contributed by atoms with E-state index in [4.69, 9.17) is 0 Å². The molecular weight excluding hydrogens is 352 g/mol. The smallest absolute Gasteiger partial charge is 0.851 e. The Morgan fingerprint density at radius 2 is 0.667 bits per heavy atom. The van der Waals surface area contributed by atoms with Gasteiger partial charge in [0, 0.05) is 13.1 Å². The summed E-state index contributed by atoms with van der Waals surface area (Å²) in [5.74, 6) is 0. The molecule has 0 fully saturated rings. The normalized spacial score (nSPS) is 15.2. The third-order valence-corrected chi connectivity index (χ3v) is 2.79. The van der Waals surface area contributed by atoms with E-state index in [2.05, 4.69) is 0 Å². The van der Waals surface area contributed by atoms with Crippen molar-refractivity contribution >= 4 is 0 Å². The first-order chi connectivity index (χ1) is 9.20. The monoisotopic (exact) mass is 380 g/mol. The Bertz CT molecular complexity index is 207. The van der Waals surface area contributed by atoms with Gasteiger partial charge >= 0.3 is 118 Å². The summed E-state index contributed by atoms with van der Waals surface area (Å²) in [6, 6.07) is 0. The molecule has 6 nitrogen and oxygen atoms in total. The molecular formula is C14H28N2Na4O4. The molecule has 0 heterocycles. The number of hydrogen-bond donors (Lipinski definition) is 0. The van der Waals surface area contributed by atoms with Crippen molar-refractivity contribution in [2.45, 2.75) is 52.1 Å². The van der Waals surface area contributed by atoms with E-state index >= 15 is 0 Å². The van der Waals surface area contributed by atoms with Crippen LogP contribution in [-0.4, -0.2) is 73.5 Å². The van der Waals surface area contributed by atoms with E-state index in [0.717, 1.165) is 0 Å². The molecule has 10 heteroatoms. The molecule has 0 amide bonds. The Labute approximate surface area is 236 Å². The zero-order chi connectivity index (χ0) is 15.7. The first kappa shape index (κ1) is 38.4. The Kier molecular flexibility index (Phi) is 36.8. The van der Waals surface area contributed by atoms with Crippen molar-refractivity contribution in [3.8, 4) is 0 Å². The minimum absolute atomic E-state index is 0. The molecule has 0 aliphatic carbocycles. The SMILES string of the molecule is CC([O-])CN(CCN(CC(C)[O-])CC(C)[O-])CC(C)[O-].[Na+].[Na+].[Na+].[Na+]. The Hall–Kier alpha value is 3.76. The van der Waals surface area contributed by atoms with Crippen LogP contribution in [0.2, 0.25) is 0 Å². The van der Waals surface area contributed by atoms with Crippen LogP contribution in [0.25, 0.3) is 0 Å². The molecule has 0 spiro atoms. The van der Waals surface area contributed by atoms with Gasteiger partial charge in [0.1, 0.15) is 0 Å². The van der Waals surface area contributed by atoms with Gasteiger partial charge in [-0.3, -0.25) is 0 Å². The molecule has 0 rings (SSSR count). The molecule has 0 N–H and O–H groups in total. The van der Waals surface area contributed by atoms with E-state index in [1.165, 1.54) is 0 Å². The van der Waals surface area contributed by atoms with Gasteiger partial charge in [-0.1, -0.05) is 27.7 Å². The van der Waals surface area contributed by atoms with Gasteiger partial charge in [0.05, 0.1) is 0 Å². The zero-order valence-corrected chi connectivity index (χ0v) is 25.1. The maximum atomic E-state index is 11.3. The van der Waals surface area contributed by atoms with Crippen LogP contribution in [0, 0.1) is 0 Å². The van der Waals surface area contributed by atoms with Gasteiger partial charge in [-0.15, -0.1) is 24.4 Å². The van der Waals surface area contributed by atoms with E-state index in [1.807, 2.05) is 9.80 Å². The molecule has 0 bridgehead atoms. The molecule has 122 valence electrons. The van der Waals surface area contributed by atoms with E-state index in [0.29, 0.717) is 39.3 Å². The van der Waals surface area contributed by atoms with Crippen molar-refractivity contribution in [1.29, 1.82) is 0 Å². The molecule has 0 aromatic carbocycles. The standard InChI is InChI=1S/C14H28N2O4.4Na/c1-11(17)7-15(8-12(2)18)5-6-16(9-13(3)19)10-14(4)20;;;;/h11-14H,5-10H2,1-4H3;;;;/q-4;4*+1. The predicted molar refractivity (Wildman–Crippen MR) is 70.7 cm³/mol. The summed E-state index contributed by atoms with van der Waals surface area (Å²) in [5, 5.41) is 45.0. The third kappa shape index (κ3) is 25.8. The maximum absolute atomic E-state index is 11.3. The largest absolute Gasteiger partial charge is 1.00 e. The minimum atomic E-state index is -0.751. The number of hydrogen-bond acceptors (Lipinski definition) is 6. The van der Waals surface area contributed by atoms with Gasteiger partial charge in [0.15, 0.2) is 0 Å². The van der Waals surface area contributed by atoms with Gasteiger partial charge in [0.25, 0.3) is 0 Å². The fourth-order valence-corrected chi connectivity index (χ4v) is 2.25. The van der Waals surface area contributed by atoms with Crippen molar-refractivity contribution in [1.82, 2.24) is 9.80 Å². The van der Waals surface area contributed by atoms with Gasteiger partial charge < -0.3 is 30.2 Å². The van der Waals surface area contributed by atoms with Crippen molar-refractivity contribution in [3.05, 3.63) is 0 Å². The maximum Gasteiger partial charge on any atom is 1.00 e. The second-order valence-electron chi connectivity index (χ2n) is 5.76. The molecule has 0 aromatic rings. The molecule has 0 saturated heterocycles. The summed E-state index contributed by atoms with van der Waals surface area (Å²) in [4.78, 5) is 3.65. The minimum Gasteiger partial charge on any atom is -0.851 e. The molecule has 0 radical (unpaired) electrons. The first-order valence-electron chi connectivity index (χ1n) is 7.28. The summed E-state index contributed by atoms with van der Waals surface area (Å²) >= 11 is 0. The summed E-state index contributed by atoms with van der Waals surface area (Å²) in [6.45, 7) is 8.64. The summed E-state index contributed by atoms with van der Waals surface area (Å²) < 4.78 is 0. The first-order valence-corrected chi connectivity index (χ1v) is 7.28. The molecule has 24 heavy (non-hydrogen) atoms. The van der Waals surface area contributed by atoms with E-state index in [1.54, 1.807) is 27.7 Å². The third-order valence-electron chi connectivity index (χ3n) is 2.79. The van der Waals surface area contributed by atoms with Crippen LogP contribution in [0.4, 0.5) is 0 Å². The molecule has 0 aliphatic rings. The summed E-state index contributed by atoms with van der Waals surface area (Å²) in [5.41, 5.74) is 0.